The number of likely N-dealkylation sites (N-methyl/N-ethyl adjacent to an activating group) is 2. The number of carbonyl (C=O) groups is 3. The molecule has 3 aromatic carbocycles. The molecule has 0 saturated carbocycles. The third-order valence-electron chi connectivity index (χ3n) is 7.57. The van der Waals surface area contributed by atoms with Crippen molar-refractivity contribution in [3.8, 4) is 5.75 Å². The number of hydrogen-bond donors (Lipinski definition) is 3. The van der Waals surface area contributed by atoms with E-state index in [-0.39, 0.29) is 30.4 Å². The van der Waals surface area contributed by atoms with Gasteiger partial charge in [0.1, 0.15) is 23.7 Å². The Morgan fingerprint density at radius 1 is 0.814 bits per heavy atom. The van der Waals surface area contributed by atoms with E-state index in [4.69, 9.17) is 23.1 Å². The van der Waals surface area contributed by atoms with Gasteiger partial charge in [-0.2, -0.15) is 0 Å². The summed E-state index contributed by atoms with van der Waals surface area (Å²) in [5, 5.41) is 10.9. The molecule has 3 amide bonds. The Kier molecular flexibility index (Phi) is 10.9. The Hall–Kier alpha value is -3.95. The van der Waals surface area contributed by atoms with Crippen molar-refractivity contribution in [2.75, 3.05) is 14.1 Å². The molecule has 0 spiro atoms. The fourth-order valence-electron chi connectivity index (χ4n) is 4.96. The van der Waals surface area contributed by atoms with Crippen LogP contribution in [0, 0.1) is 5.82 Å². The lowest BCUT2D eigenvalue weighted by Gasteiger charge is -2.35. The van der Waals surface area contributed by atoms with Crippen molar-refractivity contribution in [1.29, 1.82) is 0 Å². The quantitative estimate of drug-likeness (QED) is 0.302. The number of benzene rings is 3. The Labute approximate surface area is 257 Å². The zero-order chi connectivity index (χ0) is 32.1. The molecule has 230 valence electrons. The first-order valence-corrected chi connectivity index (χ1v) is 14.4. The molecule has 8 nitrogen and oxygen atoms in total. The zero-order valence-corrected chi connectivity index (χ0v) is 25.9. The van der Waals surface area contributed by atoms with Crippen molar-refractivity contribution in [3.05, 3.63) is 99.8 Å². The molecule has 10 heteroatoms. The van der Waals surface area contributed by atoms with Crippen molar-refractivity contribution >= 4 is 29.3 Å². The summed E-state index contributed by atoms with van der Waals surface area (Å²) >= 11 is 6.06. The second kappa shape index (κ2) is 14.0. The lowest BCUT2D eigenvalue weighted by Crippen LogP contribution is -2.57. The maximum atomic E-state index is 14.1. The Bertz CT molecular complexity index is 1440. The summed E-state index contributed by atoms with van der Waals surface area (Å²) in [6.07, 6.45) is 0.378. The zero-order valence-electron chi connectivity index (χ0n) is 25.2. The van der Waals surface area contributed by atoms with Crippen LogP contribution in [0.15, 0.2) is 66.7 Å². The number of nitrogens with two attached hydrogens (primary N) is 2. The van der Waals surface area contributed by atoms with Gasteiger partial charge in [0.2, 0.25) is 17.7 Å². The van der Waals surface area contributed by atoms with Gasteiger partial charge in [0.05, 0.1) is 6.04 Å². The predicted molar refractivity (Wildman–Crippen MR) is 166 cm³/mol. The van der Waals surface area contributed by atoms with E-state index < -0.39 is 41.7 Å². The minimum Gasteiger partial charge on any atom is -0.508 e. The maximum Gasteiger partial charge on any atom is 0.246 e. The van der Waals surface area contributed by atoms with Crippen molar-refractivity contribution in [1.82, 2.24) is 9.80 Å². The van der Waals surface area contributed by atoms with Crippen LogP contribution in [0.25, 0.3) is 0 Å². The summed E-state index contributed by atoms with van der Waals surface area (Å²) in [4.78, 5) is 42.8. The molecule has 0 radical (unpaired) electrons. The molecular weight excluding hydrogens is 571 g/mol. The molecular formula is C33H40ClFN4O4. The molecule has 0 heterocycles. The highest BCUT2D eigenvalue weighted by molar-refractivity contribution is 6.30. The largest absolute Gasteiger partial charge is 0.508 e. The topological polar surface area (TPSA) is 130 Å². The van der Waals surface area contributed by atoms with Crippen molar-refractivity contribution in [3.63, 3.8) is 0 Å². The summed E-state index contributed by atoms with van der Waals surface area (Å²) in [6, 6.07) is 14.6. The first kappa shape index (κ1) is 33.6. The SMILES string of the molecule is CN(C(=O)[C@@H](N)Cc1ccc(F)cc1)[C@H](Cc1ccc(Cl)cc1)C(=O)N(C)[C@@H](Cc1ccc(O)c(C(C)(C)C)c1)C(N)=O. The fourth-order valence-corrected chi connectivity index (χ4v) is 5.09. The lowest BCUT2D eigenvalue weighted by molar-refractivity contribution is -0.147. The molecule has 0 fully saturated rings. The van der Waals surface area contributed by atoms with Crippen molar-refractivity contribution in [2.24, 2.45) is 11.5 Å². The van der Waals surface area contributed by atoms with Crippen LogP contribution < -0.4 is 11.5 Å². The number of phenolic OH excluding ortho intramolecular Hbond substituents is 1. The average molecular weight is 611 g/mol. The number of nitrogens with zero attached hydrogens (tertiary/aromatic N) is 2. The minimum absolute atomic E-state index is 0.107. The van der Waals surface area contributed by atoms with Gasteiger partial charge < -0.3 is 26.4 Å². The fraction of sp³-hybridized carbons (Fsp3) is 0.364. The third kappa shape index (κ3) is 8.78. The van der Waals surface area contributed by atoms with E-state index in [9.17, 15) is 23.9 Å². The van der Waals surface area contributed by atoms with Gasteiger partial charge in [-0.3, -0.25) is 14.4 Å². The number of phenols is 1. The number of primary amides is 1. The highest BCUT2D eigenvalue weighted by Gasteiger charge is 2.36. The van der Waals surface area contributed by atoms with E-state index in [1.54, 1.807) is 54.6 Å². The van der Waals surface area contributed by atoms with Gasteiger partial charge in [0.25, 0.3) is 0 Å². The Morgan fingerprint density at radius 2 is 1.30 bits per heavy atom. The van der Waals surface area contributed by atoms with Crippen LogP contribution in [0.2, 0.25) is 5.02 Å². The molecule has 3 aromatic rings. The van der Waals surface area contributed by atoms with E-state index in [0.29, 0.717) is 21.7 Å². The molecule has 0 aliphatic carbocycles. The molecule has 0 aliphatic rings. The minimum atomic E-state index is -1.03. The van der Waals surface area contributed by atoms with Crippen molar-refractivity contribution < 1.29 is 23.9 Å². The lowest BCUT2D eigenvalue weighted by atomic mass is 9.84. The van der Waals surface area contributed by atoms with Crippen LogP contribution in [0.5, 0.6) is 5.75 Å². The number of carbonyl (C=O) groups excluding carboxylic acids is 3. The molecule has 43 heavy (non-hydrogen) atoms. The second-order valence-corrected chi connectivity index (χ2v) is 12.3. The van der Waals surface area contributed by atoms with E-state index in [0.717, 1.165) is 5.56 Å². The van der Waals surface area contributed by atoms with Crippen molar-refractivity contribution in [2.45, 2.75) is 63.6 Å². The van der Waals surface area contributed by atoms with E-state index in [1.807, 2.05) is 20.8 Å². The van der Waals surface area contributed by atoms with Gasteiger partial charge in [-0.05, 0) is 64.4 Å². The summed E-state index contributed by atoms with van der Waals surface area (Å²) in [7, 11) is 2.97. The van der Waals surface area contributed by atoms with Crippen LogP contribution in [0.3, 0.4) is 0 Å². The van der Waals surface area contributed by atoms with E-state index in [2.05, 4.69) is 0 Å². The average Bonchev–Trinajstić information content (AvgIpc) is 2.95. The molecule has 5 N–H and O–H groups in total. The number of aromatic hydroxyl groups is 1. The third-order valence-corrected chi connectivity index (χ3v) is 7.82. The predicted octanol–water partition coefficient (Wildman–Crippen LogP) is 3.98. The first-order valence-electron chi connectivity index (χ1n) is 14.0. The maximum absolute atomic E-state index is 14.1. The van der Waals surface area contributed by atoms with Gasteiger partial charge in [-0.15, -0.1) is 0 Å². The van der Waals surface area contributed by atoms with Gasteiger partial charge >= 0.3 is 0 Å². The summed E-state index contributed by atoms with van der Waals surface area (Å²) in [5.41, 5.74) is 14.5. The summed E-state index contributed by atoms with van der Waals surface area (Å²) < 4.78 is 13.4. The van der Waals surface area contributed by atoms with E-state index in [1.165, 1.54) is 36.0 Å². The van der Waals surface area contributed by atoms with E-state index >= 15 is 0 Å². The van der Waals surface area contributed by atoms with Crippen LogP contribution in [-0.2, 0) is 39.1 Å². The number of hydrogen-bond acceptors (Lipinski definition) is 5. The van der Waals surface area contributed by atoms with Gasteiger partial charge in [0.15, 0.2) is 0 Å². The Morgan fingerprint density at radius 3 is 1.86 bits per heavy atom. The number of rotatable bonds is 11. The first-order chi connectivity index (χ1) is 20.1. The standard InChI is InChI=1S/C33H40ClFN4O4/c1-33(2,3)25-16-22(10-15-29(25)40)19-27(30(37)41)38(4)32(43)28(18-21-6-11-23(34)12-7-21)39(5)31(42)26(36)17-20-8-13-24(35)14-9-20/h6-16,26-28,40H,17-19,36H2,1-5H3,(H2,37,41)/t26-,27-,28+/m0/s1. The van der Waals surface area contributed by atoms with Crippen LogP contribution in [-0.4, -0.2) is 64.8 Å². The molecule has 0 aromatic heterocycles. The second-order valence-electron chi connectivity index (χ2n) is 11.9. The normalized spacial score (nSPS) is 13.6. The van der Waals surface area contributed by atoms with Crippen LogP contribution in [0.4, 0.5) is 4.39 Å². The number of amides is 3. The van der Waals surface area contributed by atoms with Gasteiger partial charge in [-0.1, -0.05) is 68.8 Å². The highest BCUT2D eigenvalue weighted by atomic mass is 35.5. The van der Waals surface area contributed by atoms with Crippen LogP contribution in [0.1, 0.15) is 43.0 Å². The van der Waals surface area contributed by atoms with Gasteiger partial charge in [-0.25, -0.2) is 4.39 Å². The number of halogens is 2. The summed E-state index contributed by atoms with van der Waals surface area (Å²) in [5.74, 6) is -1.97. The highest BCUT2D eigenvalue weighted by Crippen LogP contribution is 2.31. The smallest absolute Gasteiger partial charge is 0.246 e. The molecule has 0 bridgehead atoms. The molecule has 0 aliphatic heterocycles. The van der Waals surface area contributed by atoms with Crippen LogP contribution >= 0.6 is 11.6 Å². The molecule has 3 rings (SSSR count). The molecule has 0 saturated heterocycles. The molecule has 0 unspecified atom stereocenters. The monoisotopic (exact) mass is 610 g/mol. The Balaban J connectivity index is 1.90. The summed E-state index contributed by atoms with van der Waals surface area (Å²) in [6.45, 7) is 5.88. The van der Waals surface area contributed by atoms with Gasteiger partial charge in [0, 0.05) is 32.0 Å². The molecule has 3 atom stereocenters.